The molecule has 0 saturated carbocycles. The average molecular weight is 409 g/mol. The second kappa shape index (κ2) is 12.5. The van der Waals surface area contributed by atoms with Crippen LogP contribution in [0.4, 0.5) is 5.69 Å². The number of carbonyl (C=O) groups excluding carboxylic acids is 2. The molecule has 2 amide bonds. The van der Waals surface area contributed by atoms with Gasteiger partial charge < -0.3 is 15.4 Å². The summed E-state index contributed by atoms with van der Waals surface area (Å²) in [5.41, 5.74) is 2.73. The third-order valence-electron chi connectivity index (χ3n) is 4.67. The van der Waals surface area contributed by atoms with Crippen LogP contribution in [0.3, 0.4) is 0 Å². The molecule has 0 radical (unpaired) electrons. The van der Waals surface area contributed by atoms with Crippen LogP contribution < -0.4 is 15.4 Å². The summed E-state index contributed by atoms with van der Waals surface area (Å²) in [5.74, 6) is 0.103. The highest BCUT2D eigenvalue weighted by Crippen LogP contribution is 2.18. The van der Waals surface area contributed by atoms with Crippen LogP contribution in [0.1, 0.15) is 57.1 Å². The Morgan fingerprint density at radius 1 is 0.967 bits per heavy atom. The lowest BCUT2D eigenvalue weighted by atomic mass is 10.1. The fraction of sp³-hybridized carbons (Fsp3) is 0.360. The van der Waals surface area contributed by atoms with Gasteiger partial charge in [-0.3, -0.25) is 9.59 Å². The number of hydrogen-bond donors (Lipinski definition) is 2. The highest BCUT2D eigenvalue weighted by atomic mass is 16.5. The number of carbonyl (C=O) groups is 2. The minimum Gasteiger partial charge on any atom is -0.494 e. The third kappa shape index (κ3) is 8.11. The molecule has 2 N–H and O–H groups in total. The van der Waals surface area contributed by atoms with Crippen molar-refractivity contribution >= 4 is 23.6 Å². The van der Waals surface area contributed by atoms with E-state index in [1.54, 1.807) is 18.2 Å². The van der Waals surface area contributed by atoms with Crippen LogP contribution in [-0.4, -0.2) is 18.4 Å². The van der Waals surface area contributed by atoms with Gasteiger partial charge in [0, 0.05) is 12.6 Å². The van der Waals surface area contributed by atoms with Crippen molar-refractivity contribution < 1.29 is 14.3 Å². The zero-order valence-corrected chi connectivity index (χ0v) is 18.2. The maximum absolute atomic E-state index is 12.7. The van der Waals surface area contributed by atoms with E-state index in [4.69, 9.17) is 4.74 Å². The number of anilines is 1. The summed E-state index contributed by atoms with van der Waals surface area (Å²) in [5, 5.41) is 5.45. The van der Waals surface area contributed by atoms with Gasteiger partial charge in [-0.15, -0.1) is 0 Å². The minimum atomic E-state index is -0.377. The predicted octanol–water partition coefficient (Wildman–Crippen LogP) is 5.46. The lowest BCUT2D eigenvalue weighted by Gasteiger charge is -2.11. The predicted molar refractivity (Wildman–Crippen MR) is 122 cm³/mol. The standard InChI is InChI=1S/C25H32N2O3/c1-4-5-6-7-10-17-30-23-15-13-22(14-16-23)27-25(29)24(26-20(3)28)18-21-12-9-8-11-19(21)2/h8-9,11-16,18H,4-7,10,17H2,1-3H3,(H,26,28)(H,27,29)/b24-18+. The number of rotatable bonds is 11. The van der Waals surface area contributed by atoms with E-state index in [2.05, 4.69) is 17.6 Å². The number of amides is 2. The molecule has 30 heavy (non-hydrogen) atoms. The van der Waals surface area contributed by atoms with E-state index in [-0.39, 0.29) is 17.5 Å². The Hall–Kier alpha value is -3.08. The molecule has 0 saturated heterocycles. The van der Waals surface area contributed by atoms with Crippen LogP contribution >= 0.6 is 0 Å². The van der Waals surface area contributed by atoms with Gasteiger partial charge in [0.1, 0.15) is 11.4 Å². The molecular formula is C25H32N2O3. The van der Waals surface area contributed by atoms with Gasteiger partial charge in [0.25, 0.3) is 5.91 Å². The second-order valence-corrected chi connectivity index (χ2v) is 7.34. The first kappa shape index (κ1) is 23.2. The number of unbranched alkanes of at least 4 members (excludes halogenated alkanes) is 4. The number of benzene rings is 2. The molecule has 2 rings (SSSR count). The Bertz CT molecular complexity index is 857. The zero-order valence-electron chi connectivity index (χ0n) is 18.2. The van der Waals surface area contributed by atoms with E-state index in [1.165, 1.54) is 32.6 Å². The topological polar surface area (TPSA) is 67.4 Å². The Balaban J connectivity index is 1.96. The van der Waals surface area contributed by atoms with Crippen LogP contribution in [0.2, 0.25) is 0 Å². The van der Waals surface area contributed by atoms with Gasteiger partial charge in [-0.25, -0.2) is 0 Å². The monoisotopic (exact) mass is 408 g/mol. The largest absolute Gasteiger partial charge is 0.494 e. The molecule has 0 heterocycles. The molecule has 0 fully saturated rings. The third-order valence-corrected chi connectivity index (χ3v) is 4.67. The maximum atomic E-state index is 12.7. The Kier molecular flexibility index (Phi) is 9.65. The molecule has 0 aliphatic rings. The molecular weight excluding hydrogens is 376 g/mol. The lowest BCUT2D eigenvalue weighted by Crippen LogP contribution is -2.29. The molecule has 2 aromatic rings. The Labute approximate surface area is 179 Å². The summed E-state index contributed by atoms with van der Waals surface area (Å²) in [6, 6.07) is 14.9. The van der Waals surface area contributed by atoms with Crippen molar-refractivity contribution in [3.63, 3.8) is 0 Å². The SMILES string of the molecule is CCCCCCCOc1ccc(NC(=O)/C(=C\c2ccccc2C)NC(C)=O)cc1. The summed E-state index contributed by atoms with van der Waals surface area (Å²) < 4.78 is 5.76. The van der Waals surface area contributed by atoms with Gasteiger partial charge in [0.15, 0.2) is 0 Å². The molecule has 0 aliphatic carbocycles. The highest BCUT2D eigenvalue weighted by Gasteiger charge is 2.12. The van der Waals surface area contributed by atoms with Crippen LogP contribution in [0.5, 0.6) is 5.75 Å². The molecule has 0 atom stereocenters. The van der Waals surface area contributed by atoms with Crippen molar-refractivity contribution in [1.82, 2.24) is 5.32 Å². The molecule has 0 bridgehead atoms. The van der Waals surface area contributed by atoms with Crippen molar-refractivity contribution in [2.24, 2.45) is 0 Å². The van der Waals surface area contributed by atoms with Crippen LogP contribution in [0.25, 0.3) is 6.08 Å². The molecule has 0 unspecified atom stereocenters. The molecule has 0 aromatic heterocycles. The zero-order chi connectivity index (χ0) is 21.8. The van der Waals surface area contributed by atoms with Gasteiger partial charge in [-0.2, -0.15) is 0 Å². The van der Waals surface area contributed by atoms with Crippen LogP contribution in [0, 0.1) is 6.92 Å². The normalized spacial score (nSPS) is 11.1. The maximum Gasteiger partial charge on any atom is 0.272 e. The van der Waals surface area contributed by atoms with Gasteiger partial charge >= 0.3 is 0 Å². The van der Waals surface area contributed by atoms with Crippen molar-refractivity contribution in [3.05, 3.63) is 65.4 Å². The molecule has 2 aromatic carbocycles. The quantitative estimate of drug-likeness (QED) is 0.383. The Morgan fingerprint density at radius 2 is 1.67 bits per heavy atom. The fourth-order valence-corrected chi connectivity index (χ4v) is 2.98. The van der Waals surface area contributed by atoms with E-state index < -0.39 is 0 Å². The molecule has 0 spiro atoms. The van der Waals surface area contributed by atoms with Gasteiger partial charge in [-0.05, 0) is 54.8 Å². The van der Waals surface area contributed by atoms with E-state index in [0.717, 1.165) is 23.3 Å². The van der Waals surface area contributed by atoms with Crippen LogP contribution in [-0.2, 0) is 9.59 Å². The Morgan fingerprint density at radius 3 is 2.33 bits per heavy atom. The first-order valence-electron chi connectivity index (χ1n) is 10.6. The number of nitrogens with one attached hydrogen (secondary N) is 2. The minimum absolute atomic E-state index is 0.198. The van der Waals surface area contributed by atoms with Crippen molar-refractivity contribution in [3.8, 4) is 5.75 Å². The fourth-order valence-electron chi connectivity index (χ4n) is 2.98. The van der Waals surface area contributed by atoms with Crippen molar-refractivity contribution in [2.75, 3.05) is 11.9 Å². The van der Waals surface area contributed by atoms with Crippen LogP contribution in [0.15, 0.2) is 54.2 Å². The van der Waals surface area contributed by atoms with Crippen molar-refractivity contribution in [2.45, 2.75) is 52.9 Å². The summed E-state index contributed by atoms with van der Waals surface area (Å²) >= 11 is 0. The first-order chi connectivity index (χ1) is 14.5. The second-order valence-electron chi connectivity index (χ2n) is 7.34. The number of aryl methyl sites for hydroxylation is 1. The summed E-state index contributed by atoms with van der Waals surface area (Å²) in [6.45, 7) is 6.24. The van der Waals surface area contributed by atoms with Crippen molar-refractivity contribution in [1.29, 1.82) is 0 Å². The lowest BCUT2D eigenvalue weighted by molar-refractivity contribution is -0.120. The molecule has 0 aliphatic heterocycles. The number of hydrogen-bond acceptors (Lipinski definition) is 3. The average Bonchev–Trinajstić information content (AvgIpc) is 2.72. The van der Waals surface area contributed by atoms with E-state index in [9.17, 15) is 9.59 Å². The summed E-state index contributed by atoms with van der Waals surface area (Å²) in [6.07, 6.45) is 7.66. The molecule has 160 valence electrons. The van der Waals surface area contributed by atoms with E-state index >= 15 is 0 Å². The number of ether oxygens (including phenoxy) is 1. The highest BCUT2D eigenvalue weighted by molar-refractivity contribution is 6.08. The van der Waals surface area contributed by atoms with Gasteiger partial charge in [0.2, 0.25) is 5.91 Å². The molecule has 5 heteroatoms. The van der Waals surface area contributed by atoms with Gasteiger partial charge in [-0.1, -0.05) is 56.9 Å². The first-order valence-corrected chi connectivity index (χ1v) is 10.6. The molecule has 5 nitrogen and oxygen atoms in total. The van der Waals surface area contributed by atoms with E-state index in [1.807, 2.05) is 43.3 Å². The van der Waals surface area contributed by atoms with Gasteiger partial charge in [0.05, 0.1) is 6.61 Å². The van der Waals surface area contributed by atoms with E-state index in [0.29, 0.717) is 12.3 Å². The smallest absolute Gasteiger partial charge is 0.272 e. The summed E-state index contributed by atoms with van der Waals surface area (Å²) in [4.78, 5) is 24.3. The summed E-state index contributed by atoms with van der Waals surface area (Å²) in [7, 11) is 0.